The third-order valence-electron chi connectivity index (χ3n) is 5.13. The molecular formula is C19H17Cl2N9. The highest BCUT2D eigenvalue weighted by Crippen LogP contribution is 2.33. The van der Waals surface area contributed by atoms with Crippen LogP contribution in [-0.4, -0.2) is 48.1 Å². The van der Waals surface area contributed by atoms with Gasteiger partial charge >= 0.3 is 0 Å². The van der Waals surface area contributed by atoms with Gasteiger partial charge in [-0.3, -0.25) is 4.68 Å². The molecular weight excluding hydrogens is 425 g/mol. The molecule has 0 bridgehead atoms. The molecule has 0 aliphatic carbocycles. The predicted molar refractivity (Wildman–Crippen MR) is 115 cm³/mol. The lowest BCUT2D eigenvalue weighted by atomic mass is 10.1. The number of tetrazole rings is 1. The Morgan fingerprint density at radius 1 is 1.17 bits per heavy atom. The number of hydrogen-bond donors (Lipinski definition) is 2. The maximum Gasteiger partial charge on any atom is 0.190 e. The summed E-state index contributed by atoms with van der Waals surface area (Å²) in [5.74, 6) is 0.721. The molecule has 1 fully saturated rings. The zero-order valence-corrected chi connectivity index (χ0v) is 17.2. The van der Waals surface area contributed by atoms with Gasteiger partial charge in [0.2, 0.25) is 0 Å². The lowest BCUT2D eigenvalue weighted by molar-refractivity contribution is 0.491. The molecule has 0 unspecified atom stereocenters. The van der Waals surface area contributed by atoms with Crippen LogP contribution in [0.5, 0.6) is 0 Å². The molecule has 30 heavy (non-hydrogen) atoms. The first-order valence-corrected chi connectivity index (χ1v) is 10.1. The van der Waals surface area contributed by atoms with Crippen LogP contribution in [0, 0.1) is 0 Å². The number of nitrogens with two attached hydrogens (primary N) is 1. The Kier molecular flexibility index (Phi) is 4.86. The molecule has 9 nitrogen and oxygen atoms in total. The lowest BCUT2D eigenvalue weighted by Crippen LogP contribution is -2.13. The number of pyridine rings is 1. The molecule has 0 amide bonds. The standard InChI is InChI=1S/C19H17Cl2N9/c20-15-2-1-3-16(17(15)21)30-19(26-27-28-30)14-6-11(7-24-18(14)22)12-8-25-29(10-12)13-4-5-23-9-13/h1-3,6-8,10,13,23H,4-5,9H2,(H2,22,24)/t13-/m1/s1. The molecule has 3 aromatic heterocycles. The second-order valence-electron chi connectivity index (χ2n) is 7.00. The van der Waals surface area contributed by atoms with Crippen molar-refractivity contribution < 1.29 is 0 Å². The molecule has 1 aromatic carbocycles. The van der Waals surface area contributed by atoms with Crippen LogP contribution >= 0.6 is 23.2 Å². The Balaban J connectivity index is 1.56. The number of anilines is 1. The van der Waals surface area contributed by atoms with Gasteiger partial charge in [-0.15, -0.1) is 5.10 Å². The van der Waals surface area contributed by atoms with E-state index in [1.807, 2.05) is 23.1 Å². The summed E-state index contributed by atoms with van der Waals surface area (Å²) < 4.78 is 3.49. The average Bonchev–Trinajstić information content (AvgIpc) is 3.51. The number of rotatable bonds is 4. The molecule has 0 spiro atoms. The van der Waals surface area contributed by atoms with Gasteiger partial charge in [0.1, 0.15) is 5.82 Å². The molecule has 4 aromatic rings. The van der Waals surface area contributed by atoms with Crippen molar-refractivity contribution in [3.8, 4) is 28.2 Å². The van der Waals surface area contributed by atoms with E-state index in [9.17, 15) is 0 Å². The third kappa shape index (κ3) is 3.30. The van der Waals surface area contributed by atoms with E-state index in [1.54, 1.807) is 24.4 Å². The fourth-order valence-corrected chi connectivity index (χ4v) is 3.91. The van der Waals surface area contributed by atoms with Gasteiger partial charge in [-0.25, -0.2) is 4.98 Å². The van der Waals surface area contributed by atoms with Gasteiger partial charge in [0, 0.05) is 30.1 Å². The summed E-state index contributed by atoms with van der Waals surface area (Å²) in [6, 6.07) is 7.51. The summed E-state index contributed by atoms with van der Waals surface area (Å²) >= 11 is 12.5. The summed E-state index contributed by atoms with van der Waals surface area (Å²) in [6.07, 6.45) is 6.62. The first-order chi connectivity index (χ1) is 14.6. The van der Waals surface area contributed by atoms with Crippen LogP contribution in [0.3, 0.4) is 0 Å². The minimum atomic E-state index is 0.306. The second-order valence-corrected chi connectivity index (χ2v) is 7.78. The Morgan fingerprint density at radius 3 is 2.90 bits per heavy atom. The van der Waals surface area contributed by atoms with E-state index in [0.29, 0.717) is 39.0 Å². The Morgan fingerprint density at radius 2 is 2.07 bits per heavy atom. The lowest BCUT2D eigenvalue weighted by Gasteiger charge is -2.10. The van der Waals surface area contributed by atoms with Gasteiger partial charge in [0.05, 0.1) is 33.5 Å². The number of benzene rings is 1. The molecule has 4 heterocycles. The molecule has 11 heteroatoms. The number of nitrogen functional groups attached to an aromatic ring is 1. The summed E-state index contributed by atoms with van der Waals surface area (Å²) in [7, 11) is 0. The smallest absolute Gasteiger partial charge is 0.190 e. The fourth-order valence-electron chi connectivity index (χ4n) is 3.54. The van der Waals surface area contributed by atoms with Crippen molar-refractivity contribution in [3.05, 3.63) is 52.9 Å². The summed E-state index contributed by atoms with van der Waals surface area (Å²) in [5, 5.41) is 20.6. The second kappa shape index (κ2) is 7.67. The van der Waals surface area contributed by atoms with Gasteiger partial charge in [-0.05, 0) is 41.6 Å². The zero-order chi connectivity index (χ0) is 20.7. The van der Waals surface area contributed by atoms with Crippen LogP contribution in [0.25, 0.3) is 28.2 Å². The minimum absolute atomic E-state index is 0.306. The van der Waals surface area contributed by atoms with Crippen LogP contribution < -0.4 is 11.1 Å². The van der Waals surface area contributed by atoms with Gasteiger partial charge < -0.3 is 11.1 Å². The maximum atomic E-state index is 6.36. The minimum Gasteiger partial charge on any atom is -0.383 e. The monoisotopic (exact) mass is 441 g/mol. The van der Waals surface area contributed by atoms with Gasteiger partial charge in [0.25, 0.3) is 0 Å². The fraction of sp³-hybridized carbons (Fsp3) is 0.211. The highest BCUT2D eigenvalue weighted by atomic mass is 35.5. The normalized spacial score (nSPS) is 16.3. The number of nitrogens with zero attached hydrogens (tertiary/aromatic N) is 7. The first kappa shape index (κ1) is 19.0. The number of halogens is 2. The molecule has 5 rings (SSSR count). The summed E-state index contributed by atoms with van der Waals surface area (Å²) in [4.78, 5) is 4.35. The van der Waals surface area contributed by atoms with Crippen molar-refractivity contribution in [1.82, 2.24) is 40.3 Å². The van der Waals surface area contributed by atoms with E-state index < -0.39 is 0 Å². The van der Waals surface area contributed by atoms with Crippen molar-refractivity contribution in [1.29, 1.82) is 0 Å². The molecule has 0 saturated carbocycles. The predicted octanol–water partition coefficient (Wildman–Crippen LogP) is 3.01. The van der Waals surface area contributed by atoms with E-state index >= 15 is 0 Å². The van der Waals surface area contributed by atoms with E-state index in [4.69, 9.17) is 28.9 Å². The molecule has 1 aliphatic heterocycles. The van der Waals surface area contributed by atoms with Crippen molar-refractivity contribution in [2.24, 2.45) is 0 Å². The molecule has 1 saturated heterocycles. The van der Waals surface area contributed by atoms with E-state index in [-0.39, 0.29) is 0 Å². The van der Waals surface area contributed by atoms with E-state index in [2.05, 4.69) is 30.9 Å². The van der Waals surface area contributed by atoms with Crippen molar-refractivity contribution >= 4 is 29.0 Å². The summed E-state index contributed by atoms with van der Waals surface area (Å²) in [6.45, 7) is 1.92. The Bertz CT molecular complexity index is 1210. The van der Waals surface area contributed by atoms with E-state index in [1.165, 1.54) is 4.68 Å². The maximum absolute atomic E-state index is 6.36. The largest absolute Gasteiger partial charge is 0.383 e. The van der Waals surface area contributed by atoms with Crippen LogP contribution in [0.1, 0.15) is 12.5 Å². The van der Waals surface area contributed by atoms with Crippen LogP contribution in [0.2, 0.25) is 10.0 Å². The van der Waals surface area contributed by atoms with Crippen LogP contribution in [-0.2, 0) is 0 Å². The van der Waals surface area contributed by atoms with Gasteiger partial charge in [-0.1, -0.05) is 29.3 Å². The summed E-state index contributed by atoms with van der Waals surface area (Å²) in [5.41, 5.74) is 9.11. The molecule has 1 atom stereocenters. The number of aromatic nitrogens is 7. The van der Waals surface area contributed by atoms with Gasteiger partial charge in [0.15, 0.2) is 5.82 Å². The zero-order valence-electron chi connectivity index (χ0n) is 15.7. The Hall–Kier alpha value is -3.01. The molecule has 0 radical (unpaired) electrons. The highest BCUT2D eigenvalue weighted by Gasteiger charge is 2.20. The SMILES string of the molecule is Nc1ncc(-c2cnn([C@@H]3CCNC3)c2)cc1-c1nnnn1-c1cccc(Cl)c1Cl. The van der Waals surface area contributed by atoms with Crippen molar-refractivity contribution in [3.63, 3.8) is 0 Å². The van der Waals surface area contributed by atoms with Crippen molar-refractivity contribution in [2.75, 3.05) is 18.8 Å². The van der Waals surface area contributed by atoms with Crippen LogP contribution in [0.15, 0.2) is 42.9 Å². The third-order valence-corrected chi connectivity index (χ3v) is 5.94. The average molecular weight is 442 g/mol. The molecule has 1 aliphatic rings. The Labute approximate surface area is 181 Å². The highest BCUT2D eigenvalue weighted by molar-refractivity contribution is 6.43. The van der Waals surface area contributed by atoms with Crippen molar-refractivity contribution in [2.45, 2.75) is 12.5 Å². The van der Waals surface area contributed by atoms with Crippen LogP contribution in [0.4, 0.5) is 5.82 Å². The van der Waals surface area contributed by atoms with Gasteiger partial charge in [-0.2, -0.15) is 9.78 Å². The topological polar surface area (TPSA) is 112 Å². The number of hydrogen-bond acceptors (Lipinski definition) is 7. The molecule has 3 N–H and O–H groups in total. The van der Waals surface area contributed by atoms with E-state index in [0.717, 1.165) is 30.6 Å². The first-order valence-electron chi connectivity index (χ1n) is 9.35. The number of nitrogens with one attached hydrogen (secondary N) is 1. The quantitative estimate of drug-likeness (QED) is 0.500. The molecule has 152 valence electrons.